The van der Waals surface area contributed by atoms with E-state index in [1.54, 1.807) is 6.08 Å². The molecule has 138 valence electrons. The fourth-order valence-electron chi connectivity index (χ4n) is 2.79. The van der Waals surface area contributed by atoms with Crippen molar-refractivity contribution in [1.29, 1.82) is 0 Å². The number of ether oxygens (including phenoxy) is 1. The fourth-order valence-corrected chi connectivity index (χ4v) is 2.79. The van der Waals surface area contributed by atoms with Gasteiger partial charge in [-0.05, 0) is 44.1 Å². The van der Waals surface area contributed by atoms with Crippen molar-refractivity contribution in [2.24, 2.45) is 11.8 Å². The number of hydrogen-bond donors (Lipinski definition) is 2. The summed E-state index contributed by atoms with van der Waals surface area (Å²) in [5.41, 5.74) is 0.275. The molecule has 1 fully saturated rings. The molecule has 0 radical (unpaired) electrons. The van der Waals surface area contributed by atoms with Gasteiger partial charge >= 0.3 is 0 Å². The van der Waals surface area contributed by atoms with Crippen molar-refractivity contribution in [3.05, 3.63) is 23.8 Å². The molecule has 4 heteroatoms. The maximum Gasteiger partial charge on any atom is 0.136 e. The molecule has 0 aliphatic carbocycles. The van der Waals surface area contributed by atoms with Crippen LogP contribution in [0.15, 0.2) is 23.8 Å². The number of aliphatic hydroxyl groups excluding tert-OH is 2. The lowest BCUT2D eigenvalue weighted by atomic mass is 9.92. The van der Waals surface area contributed by atoms with E-state index in [9.17, 15) is 9.90 Å². The lowest BCUT2D eigenvalue weighted by Crippen LogP contribution is -2.39. The second-order valence-electron chi connectivity index (χ2n) is 7.51. The Hall–Kier alpha value is -0.970. The maximum absolute atomic E-state index is 12.1. The third kappa shape index (κ3) is 6.88. The van der Waals surface area contributed by atoms with Gasteiger partial charge in [0.15, 0.2) is 0 Å². The minimum Gasteiger partial charge on any atom is -0.392 e. The number of rotatable bonds is 8. The second-order valence-corrected chi connectivity index (χ2v) is 7.51. The number of allylic oxidation sites excluding steroid dienone is 1. The van der Waals surface area contributed by atoms with Crippen LogP contribution in [0.5, 0.6) is 0 Å². The predicted molar refractivity (Wildman–Crippen MR) is 96.8 cm³/mol. The highest BCUT2D eigenvalue weighted by Gasteiger charge is 2.33. The number of carbonyl (C=O) groups is 1. The van der Waals surface area contributed by atoms with Gasteiger partial charge in [-0.3, -0.25) is 4.79 Å². The molecule has 1 saturated heterocycles. The third-order valence-electron chi connectivity index (χ3n) is 4.81. The van der Waals surface area contributed by atoms with Crippen LogP contribution in [0, 0.1) is 11.8 Å². The first kappa shape index (κ1) is 21.1. The summed E-state index contributed by atoms with van der Waals surface area (Å²) in [5, 5.41) is 19.4. The van der Waals surface area contributed by atoms with Crippen LogP contribution in [0.25, 0.3) is 0 Å². The highest BCUT2D eigenvalue weighted by Crippen LogP contribution is 2.28. The van der Waals surface area contributed by atoms with Crippen LogP contribution in [-0.4, -0.2) is 40.9 Å². The van der Waals surface area contributed by atoms with Crippen molar-refractivity contribution in [3.8, 4) is 0 Å². The average Bonchev–Trinajstić information content (AvgIpc) is 2.66. The highest BCUT2D eigenvalue weighted by molar-refractivity contribution is 5.80. The molecule has 1 aliphatic heterocycles. The molecule has 1 rings (SSSR count). The molecule has 4 nitrogen and oxygen atoms in total. The van der Waals surface area contributed by atoms with Crippen molar-refractivity contribution < 1.29 is 19.7 Å². The highest BCUT2D eigenvalue weighted by atomic mass is 16.5. The first-order valence-electron chi connectivity index (χ1n) is 9.09. The van der Waals surface area contributed by atoms with Gasteiger partial charge in [0.2, 0.25) is 0 Å². The number of Topliss-reactive ketones (excluding diaryl/α,β-unsaturated/α-hetero) is 1. The van der Waals surface area contributed by atoms with Crippen LogP contribution in [0.1, 0.15) is 59.8 Å². The average molecular weight is 338 g/mol. The Morgan fingerprint density at radius 2 is 2.12 bits per heavy atom. The van der Waals surface area contributed by atoms with Crippen LogP contribution >= 0.6 is 0 Å². The van der Waals surface area contributed by atoms with E-state index in [1.807, 2.05) is 26.0 Å². The molecular formula is C20H34O4. The van der Waals surface area contributed by atoms with E-state index in [0.29, 0.717) is 37.6 Å². The zero-order valence-corrected chi connectivity index (χ0v) is 15.6. The molecule has 1 heterocycles. The lowest BCUT2D eigenvalue weighted by Gasteiger charge is -2.29. The predicted octanol–water partition coefficient (Wildman–Crippen LogP) is 3.42. The summed E-state index contributed by atoms with van der Waals surface area (Å²) in [6.45, 7) is 8.51. The third-order valence-corrected chi connectivity index (χ3v) is 4.81. The smallest absolute Gasteiger partial charge is 0.136 e. The SMILES string of the molecule is CC(C)CCC(=O)C(C)CC=C[C@]1(C)OCC(=CCO)CC[C@H]1O. The lowest BCUT2D eigenvalue weighted by molar-refractivity contribution is -0.122. The molecule has 0 bridgehead atoms. The molecule has 3 atom stereocenters. The van der Waals surface area contributed by atoms with Crippen LogP contribution in [-0.2, 0) is 9.53 Å². The Balaban J connectivity index is 2.57. The van der Waals surface area contributed by atoms with Crippen LogP contribution < -0.4 is 0 Å². The summed E-state index contributed by atoms with van der Waals surface area (Å²) in [6.07, 6.45) is 8.59. The molecule has 1 aliphatic rings. The van der Waals surface area contributed by atoms with Crippen LogP contribution in [0.2, 0.25) is 0 Å². The van der Waals surface area contributed by atoms with Gasteiger partial charge in [0.1, 0.15) is 11.4 Å². The molecule has 0 amide bonds. The molecule has 0 spiro atoms. The monoisotopic (exact) mass is 338 g/mol. The Labute approximate surface area is 146 Å². The second kappa shape index (κ2) is 10.1. The van der Waals surface area contributed by atoms with E-state index < -0.39 is 11.7 Å². The van der Waals surface area contributed by atoms with Gasteiger partial charge in [-0.2, -0.15) is 0 Å². The summed E-state index contributed by atoms with van der Waals surface area (Å²) in [7, 11) is 0. The normalized spacial score (nSPS) is 28.5. The Bertz CT molecular complexity index is 453. The molecule has 0 aromatic rings. The summed E-state index contributed by atoms with van der Waals surface area (Å²) in [5.74, 6) is 0.844. The molecule has 0 aromatic heterocycles. The minimum absolute atomic E-state index is 0.00263. The summed E-state index contributed by atoms with van der Waals surface area (Å²) in [6, 6.07) is 0. The zero-order chi connectivity index (χ0) is 18.2. The Kier molecular flexibility index (Phi) is 8.88. The van der Waals surface area contributed by atoms with E-state index in [4.69, 9.17) is 9.84 Å². The van der Waals surface area contributed by atoms with E-state index in [-0.39, 0.29) is 12.5 Å². The van der Waals surface area contributed by atoms with Gasteiger partial charge < -0.3 is 14.9 Å². The van der Waals surface area contributed by atoms with Crippen molar-refractivity contribution >= 4 is 5.78 Å². The minimum atomic E-state index is -0.744. The quantitative estimate of drug-likeness (QED) is 0.666. The van der Waals surface area contributed by atoms with E-state index in [1.165, 1.54) is 0 Å². The Morgan fingerprint density at radius 3 is 2.75 bits per heavy atom. The van der Waals surface area contributed by atoms with Crippen LogP contribution in [0.4, 0.5) is 0 Å². The molecule has 1 unspecified atom stereocenters. The van der Waals surface area contributed by atoms with Crippen molar-refractivity contribution in [3.63, 3.8) is 0 Å². The molecule has 0 saturated carbocycles. The van der Waals surface area contributed by atoms with E-state index in [0.717, 1.165) is 18.4 Å². The maximum atomic E-state index is 12.1. The summed E-state index contributed by atoms with van der Waals surface area (Å²) < 4.78 is 5.89. The van der Waals surface area contributed by atoms with Gasteiger partial charge in [0.25, 0.3) is 0 Å². The van der Waals surface area contributed by atoms with E-state index >= 15 is 0 Å². The van der Waals surface area contributed by atoms with Gasteiger partial charge in [-0.15, -0.1) is 0 Å². The van der Waals surface area contributed by atoms with Gasteiger partial charge in [0, 0.05) is 12.3 Å². The number of hydrogen-bond acceptors (Lipinski definition) is 4. The standard InChI is InChI=1S/C20H34O4/c1-15(2)7-9-18(22)16(3)6-5-12-20(4)19(23)10-8-17(11-13-21)14-24-20/h5,11-12,15-16,19,21,23H,6-10,13-14H2,1-4H3/t16?,19-,20+/m1/s1. The van der Waals surface area contributed by atoms with Gasteiger partial charge in [-0.25, -0.2) is 0 Å². The van der Waals surface area contributed by atoms with Gasteiger partial charge in [0.05, 0.1) is 19.3 Å². The van der Waals surface area contributed by atoms with Crippen molar-refractivity contribution in [2.75, 3.05) is 13.2 Å². The molecular weight excluding hydrogens is 304 g/mol. The summed E-state index contributed by atoms with van der Waals surface area (Å²) >= 11 is 0. The largest absolute Gasteiger partial charge is 0.392 e. The number of ketones is 1. The zero-order valence-electron chi connectivity index (χ0n) is 15.6. The fraction of sp³-hybridized carbons (Fsp3) is 0.750. The molecule has 2 N–H and O–H groups in total. The Morgan fingerprint density at radius 1 is 1.42 bits per heavy atom. The number of aliphatic hydroxyl groups is 2. The first-order chi connectivity index (χ1) is 11.3. The first-order valence-corrected chi connectivity index (χ1v) is 9.09. The van der Waals surface area contributed by atoms with Crippen molar-refractivity contribution in [1.82, 2.24) is 0 Å². The van der Waals surface area contributed by atoms with Crippen LogP contribution in [0.3, 0.4) is 0 Å². The van der Waals surface area contributed by atoms with E-state index in [2.05, 4.69) is 13.8 Å². The molecule has 0 aromatic carbocycles. The van der Waals surface area contributed by atoms with Gasteiger partial charge in [-0.1, -0.05) is 39.0 Å². The topological polar surface area (TPSA) is 66.8 Å². The number of carbonyl (C=O) groups excluding carboxylic acids is 1. The van der Waals surface area contributed by atoms with Crippen molar-refractivity contribution in [2.45, 2.75) is 71.5 Å². The molecule has 24 heavy (non-hydrogen) atoms. The summed E-state index contributed by atoms with van der Waals surface area (Å²) in [4.78, 5) is 12.1.